The summed E-state index contributed by atoms with van der Waals surface area (Å²) in [4.78, 5) is 0. The molecule has 3 nitrogen and oxygen atoms in total. The lowest BCUT2D eigenvalue weighted by Gasteiger charge is -2.11. The summed E-state index contributed by atoms with van der Waals surface area (Å²) in [5.74, 6) is 0.560. The molecule has 0 bridgehead atoms. The zero-order valence-electron chi connectivity index (χ0n) is 15.6. The molecule has 0 aliphatic carbocycles. The number of hydrogen-bond acceptors (Lipinski definition) is 3. The highest BCUT2D eigenvalue weighted by Gasteiger charge is 2.17. The third kappa shape index (κ3) is 4.71. The minimum absolute atomic E-state index is 0.258. The Hall–Kier alpha value is -2.99. The zero-order chi connectivity index (χ0) is 20.1. The lowest BCUT2D eigenvalue weighted by atomic mass is 10.1. The Morgan fingerprint density at radius 1 is 0.759 bits per heavy atom. The highest BCUT2D eigenvalue weighted by Crippen LogP contribution is 2.28. The van der Waals surface area contributed by atoms with Crippen molar-refractivity contribution in [3.63, 3.8) is 0 Å². The molecule has 0 unspecified atom stereocenters. The third-order valence-electron chi connectivity index (χ3n) is 4.58. The van der Waals surface area contributed by atoms with Gasteiger partial charge in [-0.1, -0.05) is 66.4 Å². The second-order valence-corrected chi connectivity index (χ2v) is 7.53. The summed E-state index contributed by atoms with van der Waals surface area (Å²) in [5.41, 5.74) is 2.61. The van der Waals surface area contributed by atoms with E-state index < -0.39 is 0 Å². The Kier molecular flexibility index (Phi) is 6.00. The summed E-state index contributed by atoms with van der Waals surface area (Å²) in [7, 11) is 0. The van der Waals surface area contributed by atoms with Gasteiger partial charge >= 0.3 is 0 Å². The smallest absolute Gasteiger partial charge is 0.191 e. The van der Waals surface area contributed by atoms with Crippen molar-refractivity contribution in [3.05, 3.63) is 102 Å². The van der Waals surface area contributed by atoms with Crippen LogP contribution in [-0.2, 0) is 18.7 Å². The van der Waals surface area contributed by atoms with Gasteiger partial charge in [0.1, 0.15) is 11.6 Å². The molecule has 0 amide bonds. The maximum absolute atomic E-state index is 14.4. The lowest BCUT2D eigenvalue weighted by Crippen LogP contribution is -2.06. The van der Waals surface area contributed by atoms with Crippen molar-refractivity contribution in [1.82, 2.24) is 14.8 Å². The van der Waals surface area contributed by atoms with Crippen molar-refractivity contribution in [2.24, 2.45) is 0 Å². The van der Waals surface area contributed by atoms with E-state index in [0.717, 1.165) is 12.0 Å². The summed E-state index contributed by atoms with van der Waals surface area (Å²) in [6.45, 7) is 0.631. The van der Waals surface area contributed by atoms with E-state index in [1.807, 2.05) is 22.8 Å². The molecule has 1 heterocycles. The van der Waals surface area contributed by atoms with Gasteiger partial charge in [-0.25, -0.2) is 8.78 Å². The molecule has 0 saturated heterocycles. The van der Waals surface area contributed by atoms with E-state index in [1.165, 1.54) is 35.5 Å². The molecule has 0 aliphatic rings. The normalized spacial score (nSPS) is 11.0. The summed E-state index contributed by atoms with van der Waals surface area (Å²) in [6.07, 6.45) is 0.782. The van der Waals surface area contributed by atoms with E-state index in [9.17, 15) is 8.78 Å². The molecule has 146 valence electrons. The van der Waals surface area contributed by atoms with Gasteiger partial charge < -0.3 is 4.57 Å². The van der Waals surface area contributed by atoms with Crippen molar-refractivity contribution in [3.8, 4) is 11.4 Å². The monoisotopic (exact) mass is 407 g/mol. The molecule has 0 spiro atoms. The second-order valence-electron chi connectivity index (χ2n) is 6.59. The largest absolute Gasteiger partial charge is 0.302 e. The number of thioether (sulfide) groups is 1. The number of nitrogens with zero attached hydrogens (tertiary/aromatic N) is 3. The molecular weight excluding hydrogens is 388 g/mol. The first-order valence-corrected chi connectivity index (χ1v) is 10.3. The van der Waals surface area contributed by atoms with E-state index in [0.29, 0.717) is 28.8 Å². The van der Waals surface area contributed by atoms with Crippen LogP contribution in [0.15, 0.2) is 84.0 Å². The van der Waals surface area contributed by atoms with Crippen LogP contribution in [0.5, 0.6) is 0 Å². The van der Waals surface area contributed by atoms with Gasteiger partial charge in [0.2, 0.25) is 0 Å². The minimum atomic E-state index is -0.323. The van der Waals surface area contributed by atoms with Gasteiger partial charge in [0, 0.05) is 12.3 Å². The maximum Gasteiger partial charge on any atom is 0.191 e. The van der Waals surface area contributed by atoms with Gasteiger partial charge in [-0.15, -0.1) is 10.2 Å². The number of hydrogen-bond donors (Lipinski definition) is 0. The molecule has 0 atom stereocenters. The number of halogens is 2. The second kappa shape index (κ2) is 9.01. The molecule has 0 N–H and O–H groups in total. The molecule has 0 fully saturated rings. The fourth-order valence-electron chi connectivity index (χ4n) is 3.05. The Labute approximate surface area is 172 Å². The predicted octanol–water partition coefficient (Wildman–Crippen LogP) is 5.76. The summed E-state index contributed by atoms with van der Waals surface area (Å²) < 4.78 is 29.5. The molecule has 1 aromatic heterocycles. The van der Waals surface area contributed by atoms with Crippen molar-refractivity contribution in [1.29, 1.82) is 0 Å². The molecule has 4 aromatic rings. The first-order chi connectivity index (χ1) is 14.2. The third-order valence-corrected chi connectivity index (χ3v) is 5.62. The molecular formula is C23H19F2N3S. The maximum atomic E-state index is 14.4. The Morgan fingerprint density at radius 2 is 1.48 bits per heavy atom. The Morgan fingerprint density at radius 3 is 2.24 bits per heavy atom. The Bertz CT molecular complexity index is 1080. The quantitative estimate of drug-likeness (QED) is 0.365. The van der Waals surface area contributed by atoms with Crippen LogP contribution in [0.1, 0.15) is 11.1 Å². The van der Waals surface area contributed by atoms with Crippen molar-refractivity contribution >= 4 is 11.8 Å². The van der Waals surface area contributed by atoms with Crippen LogP contribution in [0.2, 0.25) is 0 Å². The molecule has 4 rings (SSSR count). The summed E-state index contributed by atoms with van der Waals surface area (Å²) in [6, 6.07) is 23.1. The van der Waals surface area contributed by atoms with Gasteiger partial charge in [-0.2, -0.15) is 0 Å². The van der Waals surface area contributed by atoms with Gasteiger partial charge in [-0.05, 0) is 41.8 Å². The fraction of sp³-hybridized carbons (Fsp3) is 0.130. The van der Waals surface area contributed by atoms with Gasteiger partial charge in [-0.3, -0.25) is 0 Å². The number of aryl methyl sites for hydroxylation is 1. The standard InChI is InChI=1S/C23H19F2N3S/c24-19-12-10-18(11-13-19)16-29-23-27-26-22(20-8-4-5-9-21(20)25)28(23)15-14-17-6-2-1-3-7-17/h1-13H,14-16H2. The molecule has 29 heavy (non-hydrogen) atoms. The highest BCUT2D eigenvalue weighted by atomic mass is 32.2. The first-order valence-electron chi connectivity index (χ1n) is 9.30. The van der Waals surface area contributed by atoms with Crippen LogP contribution in [0.4, 0.5) is 8.78 Å². The van der Waals surface area contributed by atoms with Gasteiger partial charge in [0.15, 0.2) is 11.0 Å². The first kappa shape index (κ1) is 19.3. The van der Waals surface area contributed by atoms with Gasteiger partial charge in [0.05, 0.1) is 5.56 Å². The SMILES string of the molecule is Fc1ccc(CSc2nnc(-c3ccccc3F)n2CCc2ccccc2)cc1. The van der Waals surface area contributed by atoms with E-state index in [4.69, 9.17) is 0 Å². The molecule has 6 heteroatoms. The van der Waals surface area contributed by atoms with Crippen LogP contribution < -0.4 is 0 Å². The average molecular weight is 407 g/mol. The van der Waals surface area contributed by atoms with Crippen molar-refractivity contribution in [2.75, 3.05) is 0 Å². The van der Waals surface area contributed by atoms with Crippen LogP contribution in [-0.4, -0.2) is 14.8 Å². The van der Waals surface area contributed by atoms with Crippen LogP contribution in [0.3, 0.4) is 0 Å². The number of rotatable bonds is 7. The summed E-state index contributed by atoms with van der Waals surface area (Å²) in [5, 5.41) is 9.30. The average Bonchev–Trinajstić information content (AvgIpc) is 3.15. The number of benzene rings is 3. The van der Waals surface area contributed by atoms with Crippen molar-refractivity contribution < 1.29 is 8.78 Å². The van der Waals surface area contributed by atoms with Crippen molar-refractivity contribution in [2.45, 2.75) is 23.9 Å². The van der Waals surface area contributed by atoms with Crippen LogP contribution >= 0.6 is 11.8 Å². The fourth-order valence-corrected chi connectivity index (χ4v) is 3.97. The van der Waals surface area contributed by atoms with E-state index in [1.54, 1.807) is 30.3 Å². The predicted molar refractivity (Wildman–Crippen MR) is 112 cm³/mol. The zero-order valence-corrected chi connectivity index (χ0v) is 16.4. The molecule has 0 saturated carbocycles. The summed E-state index contributed by atoms with van der Waals surface area (Å²) >= 11 is 1.51. The molecule has 0 aliphatic heterocycles. The highest BCUT2D eigenvalue weighted by molar-refractivity contribution is 7.98. The minimum Gasteiger partial charge on any atom is -0.302 e. The number of aromatic nitrogens is 3. The lowest BCUT2D eigenvalue weighted by molar-refractivity contribution is 0.616. The molecule has 3 aromatic carbocycles. The topological polar surface area (TPSA) is 30.7 Å². The van der Waals surface area contributed by atoms with Crippen LogP contribution in [0, 0.1) is 11.6 Å². The van der Waals surface area contributed by atoms with E-state index >= 15 is 0 Å². The Balaban J connectivity index is 1.61. The van der Waals surface area contributed by atoms with E-state index in [2.05, 4.69) is 22.3 Å². The van der Waals surface area contributed by atoms with Crippen LogP contribution in [0.25, 0.3) is 11.4 Å². The van der Waals surface area contributed by atoms with Gasteiger partial charge in [0.25, 0.3) is 0 Å². The molecule has 0 radical (unpaired) electrons. The van der Waals surface area contributed by atoms with E-state index in [-0.39, 0.29) is 11.6 Å².